The fraction of sp³-hybridized carbons (Fsp3) is 0.632. The van der Waals surface area contributed by atoms with Gasteiger partial charge in [-0.25, -0.2) is 0 Å². The van der Waals surface area contributed by atoms with Gasteiger partial charge < -0.3 is 10.6 Å². The van der Waals surface area contributed by atoms with Crippen molar-refractivity contribution in [3.63, 3.8) is 0 Å². The second-order valence-electron chi connectivity index (χ2n) is 7.36. The summed E-state index contributed by atoms with van der Waals surface area (Å²) >= 11 is 0. The third kappa shape index (κ3) is 4.00. The molecule has 1 heterocycles. The minimum atomic E-state index is -4.20. The van der Waals surface area contributed by atoms with Crippen LogP contribution in [0.2, 0.25) is 0 Å². The average Bonchev–Trinajstić information content (AvgIpc) is 3.05. The molecule has 1 saturated heterocycles. The van der Waals surface area contributed by atoms with Gasteiger partial charge in [0.2, 0.25) is 5.91 Å². The lowest BCUT2D eigenvalue weighted by molar-refractivity contribution is -0.187. The molecule has 2 unspecified atom stereocenters. The molecule has 6 heteroatoms. The summed E-state index contributed by atoms with van der Waals surface area (Å²) in [4.78, 5) is 14.6. The molecular formula is C19H25F3N2O. The van der Waals surface area contributed by atoms with Crippen LogP contribution in [0.25, 0.3) is 0 Å². The van der Waals surface area contributed by atoms with Crippen LogP contribution in [0.1, 0.15) is 37.2 Å². The number of rotatable bonds is 3. The molecule has 3 nitrogen and oxygen atoms in total. The van der Waals surface area contributed by atoms with E-state index in [2.05, 4.69) is 0 Å². The Morgan fingerprint density at radius 3 is 2.52 bits per heavy atom. The molecule has 2 fully saturated rings. The van der Waals surface area contributed by atoms with E-state index in [-0.39, 0.29) is 30.6 Å². The van der Waals surface area contributed by atoms with Crippen molar-refractivity contribution in [3.8, 4) is 0 Å². The quantitative estimate of drug-likeness (QED) is 0.902. The highest BCUT2D eigenvalue weighted by Gasteiger charge is 2.45. The van der Waals surface area contributed by atoms with E-state index in [1.165, 1.54) is 0 Å². The maximum Gasteiger partial charge on any atom is 0.391 e. The highest BCUT2D eigenvalue weighted by atomic mass is 19.4. The topological polar surface area (TPSA) is 46.3 Å². The first kappa shape index (κ1) is 18.2. The number of nitrogens with zero attached hydrogens (tertiary/aromatic N) is 1. The Morgan fingerprint density at radius 1 is 1.16 bits per heavy atom. The van der Waals surface area contributed by atoms with Gasteiger partial charge in [-0.3, -0.25) is 4.79 Å². The predicted octanol–water partition coefficient (Wildman–Crippen LogP) is 3.56. The SMILES string of the molecule is NC[C@@H]1CN(C(=O)C2CCCC(C(F)(F)F)C2)C[C@H]1c1ccccc1. The number of carbonyl (C=O) groups excluding carboxylic acids is 1. The van der Waals surface area contributed by atoms with Crippen LogP contribution in [0.15, 0.2) is 30.3 Å². The zero-order chi connectivity index (χ0) is 18.0. The normalized spacial score (nSPS) is 30.5. The maximum atomic E-state index is 13.0. The van der Waals surface area contributed by atoms with Gasteiger partial charge in [0.1, 0.15) is 0 Å². The molecule has 1 aromatic rings. The van der Waals surface area contributed by atoms with E-state index in [1.807, 2.05) is 30.3 Å². The molecule has 2 N–H and O–H groups in total. The highest BCUT2D eigenvalue weighted by Crippen LogP contribution is 2.41. The van der Waals surface area contributed by atoms with Gasteiger partial charge >= 0.3 is 6.18 Å². The predicted molar refractivity (Wildman–Crippen MR) is 89.8 cm³/mol. The monoisotopic (exact) mass is 354 g/mol. The first-order valence-corrected chi connectivity index (χ1v) is 9.00. The zero-order valence-corrected chi connectivity index (χ0v) is 14.2. The number of amides is 1. The van der Waals surface area contributed by atoms with Crippen molar-refractivity contribution >= 4 is 5.91 Å². The summed E-state index contributed by atoms with van der Waals surface area (Å²) in [5.74, 6) is -1.64. The molecule has 138 valence electrons. The van der Waals surface area contributed by atoms with Crippen LogP contribution in [0.5, 0.6) is 0 Å². The van der Waals surface area contributed by atoms with Gasteiger partial charge in [0.25, 0.3) is 0 Å². The van der Waals surface area contributed by atoms with Crippen molar-refractivity contribution in [1.29, 1.82) is 0 Å². The number of hydrogen-bond donors (Lipinski definition) is 1. The van der Waals surface area contributed by atoms with Crippen LogP contribution < -0.4 is 5.73 Å². The fourth-order valence-electron chi connectivity index (χ4n) is 4.34. The van der Waals surface area contributed by atoms with Gasteiger partial charge in [-0.2, -0.15) is 13.2 Å². The number of likely N-dealkylation sites (tertiary alicyclic amines) is 1. The number of benzene rings is 1. The van der Waals surface area contributed by atoms with Crippen LogP contribution in [0, 0.1) is 17.8 Å². The molecule has 0 radical (unpaired) electrons. The second kappa shape index (κ2) is 7.36. The smallest absolute Gasteiger partial charge is 0.341 e. The Kier molecular flexibility index (Phi) is 5.37. The lowest BCUT2D eigenvalue weighted by atomic mass is 9.80. The van der Waals surface area contributed by atoms with Crippen LogP contribution in [-0.4, -0.2) is 36.6 Å². The number of alkyl halides is 3. The fourth-order valence-corrected chi connectivity index (χ4v) is 4.34. The van der Waals surface area contributed by atoms with E-state index in [4.69, 9.17) is 5.73 Å². The van der Waals surface area contributed by atoms with Crippen molar-refractivity contribution in [2.75, 3.05) is 19.6 Å². The van der Waals surface area contributed by atoms with Crippen molar-refractivity contribution in [3.05, 3.63) is 35.9 Å². The summed E-state index contributed by atoms with van der Waals surface area (Å²) < 4.78 is 39.0. The molecule has 3 rings (SSSR count). The Hall–Kier alpha value is -1.56. The second-order valence-corrected chi connectivity index (χ2v) is 7.36. The minimum absolute atomic E-state index is 0.0673. The Bertz CT molecular complexity index is 590. The summed E-state index contributed by atoms with van der Waals surface area (Å²) in [6.45, 7) is 1.57. The zero-order valence-electron chi connectivity index (χ0n) is 14.2. The highest BCUT2D eigenvalue weighted by molar-refractivity contribution is 5.79. The molecule has 1 aromatic carbocycles. The van der Waals surface area contributed by atoms with Crippen molar-refractivity contribution in [2.24, 2.45) is 23.5 Å². The van der Waals surface area contributed by atoms with Gasteiger partial charge in [0, 0.05) is 24.9 Å². The third-order valence-electron chi connectivity index (χ3n) is 5.77. The Balaban J connectivity index is 1.68. The van der Waals surface area contributed by atoms with E-state index in [0.29, 0.717) is 32.5 Å². The molecule has 0 bridgehead atoms. The van der Waals surface area contributed by atoms with Gasteiger partial charge in [0.05, 0.1) is 5.92 Å². The number of halogens is 3. The van der Waals surface area contributed by atoms with E-state index in [9.17, 15) is 18.0 Å². The average molecular weight is 354 g/mol. The lowest BCUT2D eigenvalue weighted by Crippen LogP contribution is -2.39. The summed E-state index contributed by atoms with van der Waals surface area (Å²) in [5, 5.41) is 0. The summed E-state index contributed by atoms with van der Waals surface area (Å²) in [6.07, 6.45) is -3.09. The van der Waals surface area contributed by atoms with Crippen molar-refractivity contribution in [2.45, 2.75) is 37.8 Å². The molecule has 0 aromatic heterocycles. The van der Waals surface area contributed by atoms with Crippen LogP contribution in [0.4, 0.5) is 13.2 Å². The molecule has 1 aliphatic carbocycles. The molecule has 1 aliphatic heterocycles. The van der Waals surface area contributed by atoms with Crippen molar-refractivity contribution < 1.29 is 18.0 Å². The lowest BCUT2D eigenvalue weighted by Gasteiger charge is -2.32. The third-order valence-corrected chi connectivity index (χ3v) is 5.77. The summed E-state index contributed by atoms with van der Waals surface area (Å²) in [5.41, 5.74) is 7.04. The molecule has 1 saturated carbocycles. The van der Waals surface area contributed by atoms with E-state index >= 15 is 0 Å². The first-order chi connectivity index (χ1) is 11.9. The van der Waals surface area contributed by atoms with E-state index in [0.717, 1.165) is 5.56 Å². The van der Waals surface area contributed by atoms with Gasteiger partial charge in [-0.05, 0) is 37.3 Å². The Labute approximate surface area is 146 Å². The van der Waals surface area contributed by atoms with Gasteiger partial charge in [-0.15, -0.1) is 0 Å². The number of hydrogen-bond acceptors (Lipinski definition) is 2. The largest absolute Gasteiger partial charge is 0.391 e. The molecular weight excluding hydrogens is 329 g/mol. The molecule has 25 heavy (non-hydrogen) atoms. The molecule has 4 atom stereocenters. The van der Waals surface area contributed by atoms with E-state index < -0.39 is 18.0 Å². The first-order valence-electron chi connectivity index (χ1n) is 9.00. The minimum Gasteiger partial charge on any atom is -0.341 e. The summed E-state index contributed by atoms with van der Waals surface area (Å²) in [7, 11) is 0. The van der Waals surface area contributed by atoms with Gasteiger partial charge in [-0.1, -0.05) is 36.8 Å². The van der Waals surface area contributed by atoms with Crippen LogP contribution in [0.3, 0.4) is 0 Å². The summed E-state index contributed by atoms with van der Waals surface area (Å²) in [6, 6.07) is 9.92. The van der Waals surface area contributed by atoms with E-state index in [1.54, 1.807) is 4.90 Å². The van der Waals surface area contributed by atoms with Crippen LogP contribution in [-0.2, 0) is 4.79 Å². The number of carbonyl (C=O) groups is 1. The number of nitrogens with two attached hydrogens (primary N) is 1. The van der Waals surface area contributed by atoms with Crippen LogP contribution >= 0.6 is 0 Å². The maximum absolute atomic E-state index is 13.0. The standard InChI is InChI=1S/C19H25F3N2O/c20-19(21,22)16-8-4-7-14(9-16)18(25)24-11-15(10-23)17(12-24)13-5-2-1-3-6-13/h1-3,5-6,14-17H,4,7-12,23H2/t14?,15-,16?,17+/m1/s1. The molecule has 0 spiro atoms. The van der Waals surface area contributed by atoms with Crippen molar-refractivity contribution in [1.82, 2.24) is 4.90 Å². The molecule has 1 amide bonds. The molecule has 2 aliphatic rings. The Morgan fingerprint density at radius 2 is 1.88 bits per heavy atom. The van der Waals surface area contributed by atoms with Gasteiger partial charge in [0.15, 0.2) is 0 Å².